The molecule has 1 atom stereocenters. The Morgan fingerprint density at radius 2 is 1.51 bits per heavy atom. The van der Waals surface area contributed by atoms with E-state index in [-0.39, 0.29) is 28.4 Å². The number of imide groups is 1. The summed E-state index contributed by atoms with van der Waals surface area (Å²) in [5.74, 6) is -1.26. The summed E-state index contributed by atoms with van der Waals surface area (Å²) in [6.07, 6.45) is -0.332. The molecule has 2 fully saturated rings. The first-order chi connectivity index (χ1) is 18.2. The van der Waals surface area contributed by atoms with Gasteiger partial charge < -0.3 is 4.74 Å². The lowest BCUT2D eigenvalue weighted by atomic mass is 10.0. The molecule has 0 aliphatic carbocycles. The quantitative estimate of drug-likeness (QED) is 0.460. The Labute approximate surface area is 229 Å². The second-order valence-electron chi connectivity index (χ2n) is 9.99. The van der Waals surface area contributed by atoms with Crippen molar-refractivity contribution in [3.8, 4) is 0 Å². The van der Waals surface area contributed by atoms with Crippen LogP contribution < -0.4 is 10.0 Å². The monoisotopic (exact) mass is 578 g/mol. The highest BCUT2D eigenvalue weighted by molar-refractivity contribution is 7.89. The number of anilines is 1. The van der Waals surface area contributed by atoms with E-state index < -0.39 is 37.9 Å². The molecule has 2 amide bonds. The second kappa shape index (κ2) is 11.1. The average Bonchev–Trinajstić information content (AvgIpc) is 3.16. The predicted octanol–water partition coefficient (Wildman–Crippen LogP) is 1.22. The number of nitrogens with zero attached hydrogens (tertiary/aromatic N) is 3. The lowest BCUT2D eigenvalue weighted by Crippen LogP contribution is -2.49. The number of hydrogen-bond acceptors (Lipinski definition) is 8. The van der Waals surface area contributed by atoms with Gasteiger partial charge in [0.15, 0.2) is 0 Å². The van der Waals surface area contributed by atoms with Crippen LogP contribution in [-0.2, 0) is 34.4 Å². The molecule has 2 aromatic carbocycles. The highest BCUT2D eigenvalue weighted by atomic mass is 32.2. The minimum absolute atomic E-state index is 0.0100. The van der Waals surface area contributed by atoms with Crippen molar-refractivity contribution >= 4 is 37.5 Å². The molecule has 2 aromatic rings. The zero-order chi connectivity index (χ0) is 28.7. The van der Waals surface area contributed by atoms with E-state index in [0.29, 0.717) is 44.0 Å². The van der Waals surface area contributed by atoms with Crippen LogP contribution in [0.5, 0.6) is 0 Å². The van der Waals surface area contributed by atoms with Gasteiger partial charge in [0.1, 0.15) is 6.04 Å². The first-order valence-corrected chi connectivity index (χ1v) is 15.6. The fourth-order valence-corrected chi connectivity index (χ4v) is 7.76. The summed E-state index contributed by atoms with van der Waals surface area (Å²) in [5.41, 5.74) is 2.97. The van der Waals surface area contributed by atoms with Gasteiger partial charge in [-0.05, 0) is 74.2 Å². The first kappa shape index (κ1) is 29.3. The maximum atomic E-state index is 14.3. The summed E-state index contributed by atoms with van der Waals surface area (Å²) in [7, 11) is -8.17. The van der Waals surface area contributed by atoms with Gasteiger partial charge in [0, 0.05) is 26.2 Å². The number of amides is 2. The van der Waals surface area contributed by atoms with Crippen molar-refractivity contribution in [2.24, 2.45) is 5.14 Å². The van der Waals surface area contributed by atoms with Crippen LogP contribution in [0.15, 0.2) is 40.1 Å². The van der Waals surface area contributed by atoms with Crippen LogP contribution in [0.25, 0.3) is 0 Å². The lowest BCUT2D eigenvalue weighted by molar-refractivity contribution is -0.122. The zero-order valence-corrected chi connectivity index (χ0v) is 24.1. The highest BCUT2D eigenvalue weighted by Gasteiger charge is 2.47. The molecular formula is C26H34N4O7S2. The van der Waals surface area contributed by atoms with Gasteiger partial charge in [0.2, 0.25) is 26.0 Å². The Hall–Kier alpha value is -2.68. The number of morpholine rings is 1. The van der Waals surface area contributed by atoms with Crippen molar-refractivity contribution in [3.05, 3.63) is 52.6 Å². The molecule has 2 aliphatic rings. The Balaban J connectivity index is 1.74. The smallest absolute Gasteiger partial charge is 0.252 e. The SMILES string of the molecule is Cc1cc(C)c(C)c(S(=O)(=O)N(CCN2CCOCC2)C2CC(=O)N(c3ccc(S(N)(=O)=O)cc3)C2=O)c1C. The molecule has 0 bridgehead atoms. The molecule has 1 unspecified atom stereocenters. The number of ether oxygens (including phenoxy) is 1. The van der Waals surface area contributed by atoms with Gasteiger partial charge >= 0.3 is 0 Å². The number of hydrogen-bond donors (Lipinski definition) is 1. The number of carbonyl (C=O) groups excluding carboxylic acids is 2. The normalized spacial score (nSPS) is 19.3. The molecule has 0 radical (unpaired) electrons. The second-order valence-corrected chi connectivity index (χ2v) is 13.4. The van der Waals surface area contributed by atoms with Gasteiger partial charge in [-0.25, -0.2) is 26.9 Å². The molecule has 2 saturated heterocycles. The lowest BCUT2D eigenvalue weighted by Gasteiger charge is -2.32. The van der Waals surface area contributed by atoms with E-state index >= 15 is 0 Å². The minimum atomic E-state index is -4.20. The number of carbonyl (C=O) groups is 2. The van der Waals surface area contributed by atoms with Crippen molar-refractivity contribution in [2.75, 3.05) is 44.3 Å². The largest absolute Gasteiger partial charge is 0.379 e. The van der Waals surface area contributed by atoms with E-state index in [1.54, 1.807) is 13.8 Å². The van der Waals surface area contributed by atoms with Crippen molar-refractivity contribution < 1.29 is 31.2 Å². The maximum Gasteiger partial charge on any atom is 0.252 e. The van der Waals surface area contributed by atoms with E-state index in [9.17, 15) is 26.4 Å². The number of primary sulfonamides is 1. The van der Waals surface area contributed by atoms with E-state index in [2.05, 4.69) is 4.90 Å². The number of benzene rings is 2. The van der Waals surface area contributed by atoms with Crippen LogP contribution >= 0.6 is 0 Å². The molecule has 13 heteroatoms. The van der Waals surface area contributed by atoms with Crippen LogP contribution in [-0.4, -0.2) is 83.3 Å². The molecule has 4 rings (SSSR count). The van der Waals surface area contributed by atoms with E-state index in [0.717, 1.165) is 20.3 Å². The summed E-state index contributed by atoms with van der Waals surface area (Å²) < 4.78 is 58.4. The van der Waals surface area contributed by atoms with Gasteiger partial charge in [-0.15, -0.1) is 0 Å². The summed E-state index contributed by atoms with van der Waals surface area (Å²) in [6, 6.07) is 5.70. The Morgan fingerprint density at radius 3 is 2.05 bits per heavy atom. The molecule has 0 aromatic heterocycles. The molecular weight excluding hydrogens is 544 g/mol. The van der Waals surface area contributed by atoms with E-state index in [4.69, 9.17) is 9.88 Å². The average molecular weight is 579 g/mol. The minimum Gasteiger partial charge on any atom is -0.379 e. The Kier molecular flexibility index (Phi) is 8.31. The van der Waals surface area contributed by atoms with Crippen LogP contribution in [0.2, 0.25) is 0 Å². The van der Waals surface area contributed by atoms with Crippen LogP contribution in [0.1, 0.15) is 28.7 Å². The first-order valence-electron chi connectivity index (χ1n) is 12.6. The number of nitrogens with two attached hydrogens (primary N) is 1. The number of aryl methyl sites for hydroxylation is 2. The van der Waals surface area contributed by atoms with Gasteiger partial charge in [-0.1, -0.05) is 6.07 Å². The third-order valence-electron chi connectivity index (χ3n) is 7.50. The van der Waals surface area contributed by atoms with Gasteiger partial charge in [-0.3, -0.25) is 14.5 Å². The third kappa shape index (κ3) is 5.79. The Bertz CT molecular complexity index is 1470. The molecule has 11 nitrogen and oxygen atoms in total. The highest BCUT2D eigenvalue weighted by Crippen LogP contribution is 2.33. The van der Waals surface area contributed by atoms with Crippen LogP contribution in [0.3, 0.4) is 0 Å². The Morgan fingerprint density at radius 1 is 0.949 bits per heavy atom. The predicted molar refractivity (Wildman–Crippen MR) is 145 cm³/mol. The number of sulfonamides is 2. The molecule has 0 spiro atoms. The fourth-order valence-electron chi connectivity index (χ4n) is 5.09. The molecule has 212 valence electrons. The van der Waals surface area contributed by atoms with E-state index in [1.807, 2.05) is 19.9 Å². The van der Waals surface area contributed by atoms with Crippen LogP contribution in [0, 0.1) is 27.7 Å². The van der Waals surface area contributed by atoms with Gasteiger partial charge in [-0.2, -0.15) is 4.31 Å². The maximum absolute atomic E-state index is 14.3. The molecule has 2 N–H and O–H groups in total. The van der Waals surface area contributed by atoms with Crippen molar-refractivity contribution in [1.29, 1.82) is 0 Å². The molecule has 2 heterocycles. The summed E-state index contributed by atoms with van der Waals surface area (Å²) in [4.78, 5) is 29.8. The molecule has 39 heavy (non-hydrogen) atoms. The molecule has 0 saturated carbocycles. The summed E-state index contributed by atoms with van der Waals surface area (Å²) in [6.45, 7) is 9.89. The summed E-state index contributed by atoms with van der Waals surface area (Å²) in [5, 5.41) is 5.16. The van der Waals surface area contributed by atoms with Crippen molar-refractivity contribution in [3.63, 3.8) is 0 Å². The van der Waals surface area contributed by atoms with E-state index in [1.165, 1.54) is 24.3 Å². The number of rotatable bonds is 8. The summed E-state index contributed by atoms with van der Waals surface area (Å²) >= 11 is 0. The third-order valence-corrected chi connectivity index (χ3v) is 10.6. The van der Waals surface area contributed by atoms with Crippen molar-refractivity contribution in [1.82, 2.24) is 9.21 Å². The fraction of sp³-hybridized carbons (Fsp3) is 0.462. The van der Waals surface area contributed by atoms with Crippen molar-refractivity contribution in [2.45, 2.75) is 49.9 Å². The standard InChI is InChI=1S/C26H34N4O7S2/c1-17-15-18(2)20(4)25(19(17)3)39(35,36)29(10-9-28-11-13-37-14-12-28)23-16-24(31)30(26(23)32)21-5-7-22(8-6-21)38(27,33)34/h5-8,15,23H,9-14,16H2,1-4H3,(H2,27,33,34). The topological polar surface area (TPSA) is 147 Å². The van der Waals surface area contributed by atoms with Gasteiger partial charge in [0.25, 0.3) is 5.91 Å². The molecule has 2 aliphatic heterocycles. The van der Waals surface area contributed by atoms with Crippen LogP contribution in [0.4, 0.5) is 5.69 Å². The van der Waals surface area contributed by atoms with Gasteiger partial charge in [0.05, 0.1) is 35.1 Å². The zero-order valence-electron chi connectivity index (χ0n) is 22.5.